The van der Waals surface area contributed by atoms with Crippen molar-refractivity contribution in [1.29, 1.82) is 0 Å². The van der Waals surface area contributed by atoms with Gasteiger partial charge in [0.2, 0.25) is 5.91 Å². The number of hydrogen-bond donors (Lipinski definition) is 1. The summed E-state index contributed by atoms with van der Waals surface area (Å²) in [7, 11) is 0. The van der Waals surface area contributed by atoms with E-state index in [9.17, 15) is 4.79 Å². The minimum absolute atomic E-state index is 0.0688. The quantitative estimate of drug-likeness (QED) is 0.918. The molecule has 1 aliphatic carbocycles. The second kappa shape index (κ2) is 7.28. The number of piperazine rings is 1. The number of anilines is 1. The molecule has 0 bridgehead atoms. The average Bonchev–Trinajstić information content (AvgIpc) is 2.99. The van der Waals surface area contributed by atoms with Gasteiger partial charge >= 0.3 is 0 Å². The van der Waals surface area contributed by atoms with Crippen molar-refractivity contribution < 1.29 is 4.79 Å². The van der Waals surface area contributed by atoms with Gasteiger partial charge in [0.1, 0.15) is 0 Å². The van der Waals surface area contributed by atoms with E-state index in [1.165, 1.54) is 32.1 Å². The van der Waals surface area contributed by atoms with E-state index in [0.717, 1.165) is 37.0 Å². The molecule has 1 saturated carbocycles. The molecule has 0 atom stereocenters. The number of nitrogens with one attached hydrogen (secondary N) is 1. The maximum atomic E-state index is 11.7. The van der Waals surface area contributed by atoms with E-state index in [2.05, 4.69) is 15.6 Å². The van der Waals surface area contributed by atoms with E-state index in [4.69, 9.17) is 4.98 Å². The summed E-state index contributed by atoms with van der Waals surface area (Å²) in [5.41, 5.74) is 1.43. The lowest BCUT2D eigenvalue weighted by molar-refractivity contribution is -0.116. The first-order valence-electron chi connectivity index (χ1n) is 8.83. The van der Waals surface area contributed by atoms with Gasteiger partial charge in [0.05, 0.1) is 5.69 Å². The largest absolute Gasteiger partial charge is 0.314 e. The van der Waals surface area contributed by atoms with E-state index < -0.39 is 0 Å². The van der Waals surface area contributed by atoms with Gasteiger partial charge in [-0.3, -0.25) is 14.6 Å². The van der Waals surface area contributed by atoms with Crippen molar-refractivity contribution in [2.45, 2.75) is 58.0 Å². The maximum Gasteiger partial charge on any atom is 0.225 e. The van der Waals surface area contributed by atoms with E-state index in [0.29, 0.717) is 12.1 Å². The van der Waals surface area contributed by atoms with Crippen LogP contribution in [0.15, 0.2) is 5.38 Å². The highest BCUT2D eigenvalue weighted by Gasteiger charge is 2.39. The van der Waals surface area contributed by atoms with Crippen LogP contribution in [0.25, 0.3) is 0 Å². The topological polar surface area (TPSA) is 48.5 Å². The van der Waals surface area contributed by atoms with Crippen LogP contribution >= 0.6 is 11.3 Å². The Bertz CT molecular complexity index is 530. The smallest absolute Gasteiger partial charge is 0.225 e. The zero-order chi connectivity index (χ0) is 16.3. The Morgan fingerprint density at radius 3 is 2.91 bits per heavy atom. The van der Waals surface area contributed by atoms with Crippen LogP contribution < -0.4 is 10.2 Å². The minimum atomic E-state index is 0.0688. The summed E-state index contributed by atoms with van der Waals surface area (Å²) in [6, 6.07) is 0. The molecule has 1 spiro atoms. The molecule has 5 nitrogen and oxygen atoms in total. The molecule has 0 radical (unpaired) electrons. The Labute approximate surface area is 143 Å². The molecule has 1 saturated heterocycles. The van der Waals surface area contributed by atoms with Crippen LogP contribution in [0.2, 0.25) is 0 Å². The first-order chi connectivity index (χ1) is 11.1. The number of carbonyl (C=O) groups is 1. The number of aromatic nitrogens is 1. The molecule has 2 aliphatic rings. The Morgan fingerprint density at radius 1 is 1.43 bits per heavy atom. The fraction of sp³-hybridized carbons (Fsp3) is 0.765. The lowest BCUT2D eigenvalue weighted by Gasteiger charge is -2.49. The molecule has 2 fully saturated rings. The monoisotopic (exact) mass is 336 g/mol. The van der Waals surface area contributed by atoms with E-state index in [1.54, 1.807) is 23.2 Å². The number of nitrogens with zero attached hydrogens (tertiary/aromatic N) is 3. The zero-order valence-corrected chi connectivity index (χ0v) is 15.1. The number of rotatable bonds is 4. The third kappa shape index (κ3) is 3.59. The zero-order valence-electron chi connectivity index (χ0n) is 14.3. The van der Waals surface area contributed by atoms with Crippen LogP contribution in [0.5, 0.6) is 0 Å². The molecular weight excluding hydrogens is 308 g/mol. The molecular formula is C17H28N4OS. The van der Waals surface area contributed by atoms with Crippen LogP contribution in [-0.2, 0) is 11.3 Å². The van der Waals surface area contributed by atoms with Gasteiger partial charge in [0, 0.05) is 50.6 Å². The second-order valence-corrected chi connectivity index (χ2v) is 7.60. The molecule has 1 N–H and O–H groups in total. The summed E-state index contributed by atoms with van der Waals surface area (Å²) in [4.78, 5) is 20.8. The van der Waals surface area contributed by atoms with Crippen molar-refractivity contribution in [2.24, 2.45) is 0 Å². The average molecular weight is 337 g/mol. The number of amides is 1. The molecule has 6 heteroatoms. The first-order valence-corrected chi connectivity index (χ1v) is 9.71. The summed E-state index contributed by atoms with van der Waals surface area (Å²) < 4.78 is 0. The van der Waals surface area contributed by atoms with Crippen LogP contribution in [-0.4, -0.2) is 47.5 Å². The molecule has 128 valence electrons. The molecule has 0 unspecified atom stereocenters. The van der Waals surface area contributed by atoms with Crippen molar-refractivity contribution in [3.05, 3.63) is 11.1 Å². The molecule has 1 aromatic heterocycles. The van der Waals surface area contributed by atoms with Gasteiger partial charge in [0.15, 0.2) is 5.13 Å². The lowest BCUT2D eigenvalue weighted by atomic mass is 9.79. The maximum absolute atomic E-state index is 11.7. The van der Waals surface area contributed by atoms with Crippen LogP contribution in [0.1, 0.15) is 51.6 Å². The van der Waals surface area contributed by atoms with Gasteiger partial charge in [-0.15, -0.1) is 11.3 Å². The van der Waals surface area contributed by atoms with Gasteiger partial charge < -0.3 is 5.32 Å². The van der Waals surface area contributed by atoms with Crippen molar-refractivity contribution in [1.82, 2.24) is 15.2 Å². The van der Waals surface area contributed by atoms with Gasteiger partial charge in [-0.2, -0.15) is 0 Å². The molecule has 1 amide bonds. The van der Waals surface area contributed by atoms with E-state index in [1.807, 2.05) is 6.92 Å². The second-order valence-electron chi connectivity index (χ2n) is 6.77. The third-order valence-electron chi connectivity index (χ3n) is 5.29. The number of hydrogen-bond acceptors (Lipinski definition) is 5. The van der Waals surface area contributed by atoms with Crippen molar-refractivity contribution in [2.75, 3.05) is 31.1 Å². The molecule has 3 rings (SSSR count). The van der Waals surface area contributed by atoms with Crippen LogP contribution in [0.3, 0.4) is 0 Å². The lowest BCUT2D eigenvalue weighted by Crippen LogP contribution is -2.61. The summed E-state index contributed by atoms with van der Waals surface area (Å²) in [5, 5.41) is 6.56. The highest BCUT2D eigenvalue weighted by atomic mass is 32.1. The predicted molar refractivity (Wildman–Crippen MR) is 94.9 cm³/mol. The summed E-state index contributed by atoms with van der Waals surface area (Å²) in [6.07, 6.45) is 6.65. The minimum Gasteiger partial charge on any atom is -0.314 e. The summed E-state index contributed by atoms with van der Waals surface area (Å²) >= 11 is 1.59. The first kappa shape index (κ1) is 16.9. The van der Waals surface area contributed by atoms with Crippen LogP contribution in [0.4, 0.5) is 5.13 Å². The molecule has 23 heavy (non-hydrogen) atoms. The number of carbonyl (C=O) groups excluding carboxylic acids is 1. The van der Waals surface area contributed by atoms with Gasteiger partial charge in [0.25, 0.3) is 0 Å². The highest BCUT2D eigenvalue weighted by molar-refractivity contribution is 7.14. The Kier molecular flexibility index (Phi) is 5.34. The SMILES string of the molecule is CCN(C(C)=O)c1nc(CN2CCNCC23CCCCC3)cs1. The summed E-state index contributed by atoms with van der Waals surface area (Å²) in [5.74, 6) is 0.0688. The summed E-state index contributed by atoms with van der Waals surface area (Å²) in [6.45, 7) is 8.46. The van der Waals surface area contributed by atoms with Crippen molar-refractivity contribution in [3.8, 4) is 0 Å². The molecule has 1 aromatic rings. The fourth-order valence-electron chi connectivity index (χ4n) is 4.01. The Hall–Kier alpha value is -0.980. The van der Waals surface area contributed by atoms with Crippen LogP contribution in [0, 0.1) is 0 Å². The van der Waals surface area contributed by atoms with Crippen molar-refractivity contribution >= 4 is 22.4 Å². The van der Waals surface area contributed by atoms with E-state index in [-0.39, 0.29) is 5.91 Å². The normalized spacial score (nSPS) is 21.5. The van der Waals surface area contributed by atoms with Gasteiger partial charge in [-0.05, 0) is 19.8 Å². The van der Waals surface area contributed by atoms with Gasteiger partial charge in [-0.25, -0.2) is 4.98 Å². The fourth-order valence-corrected chi connectivity index (χ4v) is 4.94. The third-order valence-corrected chi connectivity index (χ3v) is 6.20. The van der Waals surface area contributed by atoms with Gasteiger partial charge in [-0.1, -0.05) is 19.3 Å². The van der Waals surface area contributed by atoms with Crippen molar-refractivity contribution in [3.63, 3.8) is 0 Å². The number of thiazole rings is 1. The molecule has 2 heterocycles. The standard InChI is InChI=1S/C17H28N4OS/c1-3-21(14(2)22)16-19-15(12-23-16)11-20-10-9-18-13-17(20)7-5-4-6-8-17/h12,18H,3-11,13H2,1-2H3. The molecule has 0 aromatic carbocycles. The Morgan fingerprint density at radius 2 is 2.22 bits per heavy atom. The highest BCUT2D eigenvalue weighted by Crippen LogP contribution is 2.35. The predicted octanol–water partition coefficient (Wildman–Crippen LogP) is 2.62. The van der Waals surface area contributed by atoms with E-state index >= 15 is 0 Å². The molecule has 1 aliphatic heterocycles. The Balaban J connectivity index is 1.72.